The van der Waals surface area contributed by atoms with Crippen molar-refractivity contribution in [1.29, 1.82) is 0 Å². The summed E-state index contributed by atoms with van der Waals surface area (Å²) in [6, 6.07) is 21.1. The number of methoxy groups -OCH3 is 1. The molecule has 1 amide bonds. The molecule has 1 heterocycles. The molecule has 1 aliphatic rings. The zero-order valence-electron chi connectivity index (χ0n) is 17.6. The van der Waals surface area contributed by atoms with Crippen molar-refractivity contribution in [3.8, 4) is 11.5 Å². The summed E-state index contributed by atoms with van der Waals surface area (Å²) in [5.74, 6) is 0.753. The quantitative estimate of drug-likeness (QED) is 0.446. The Morgan fingerprint density at radius 2 is 1.84 bits per heavy atom. The van der Waals surface area contributed by atoms with Crippen LogP contribution in [0.15, 0.2) is 76.6 Å². The van der Waals surface area contributed by atoms with Gasteiger partial charge in [-0.15, -0.1) is 0 Å². The molecule has 1 saturated heterocycles. The van der Waals surface area contributed by atoms with E-state index in [-0.39, 0.29) is 5.91 Å². The van der Waals surface area contributed by atoms with Gasteiger partial charge in [-0.2, -0.15) is 0 Å². The molecule has 32 heavy (non-hydrogen) atoms. The Balaban J connectivity index is 1.53. The number of halogens is 1. The second-order valence-electron chi connectivity index (χ2n) is 7.13. The molecule has 0 aliphatic carbocycles. The van der Waals surface area contributed by atoms with Crippen molar-refractivity contribution in [1.82, 2.24) is 5.32 Å². The first kappa shape index (κ1) is 22.0. The zero-order chi connectivity index (χ0) is 22.5. The summed E-state index contributed by atoms with van der Waals surface area (Å²) in [5.41, 5.74) is 3.69. The van der Waals surface area contributed by atoms with Gasteiger partial charge in [-0.05, 0) is 60.2 Å². The van der Waals surface area contributed by atoms with E-state index in [4.69, 9.17) is 21.1 Å². The van der Waals surface area contributed by atoms with Gasteiger partial charge >= 0.3 is 0 Å². The van der Waals surface area contributed by atoms with Gasteiger partial charge in [0.25, 0.3) is 5.91 Å². The fraction of sp³-hybridized carbons (Fsp3) is 0.120. The Kier molecular flexibility index (Phi) is 6.83. The maximum atomic E-state index is 12.4. The topological polar surface area (TPSA) is 59.9 Å². The van der Waals surface area contributed by atoms with Gasteiger partial charge in [0.05, 0.1) is 22.7 Å². The van der Waals surface area contributed by atoms with E-state index in [0.717, 1.165) is 22.4 Å². The van der Waals surface area contributed by atoms with E-state index in [1.165, 1.54) is 11.8 Å². The molecule has 0 unspecified atom stereocenters. The summed E-state index contributed by atoms with van der Waals surface area (Å²) in [6.07, 6.45) is 1.76. The number of amidine groups is 1. The predicted octanol–water partition coefficient (Wildman–Crippen LogP) is 6.13. The average Bonchev–Trinajstić information content (AvgIpc) is 3.13. The second kappa shape index (κ2) is 9.94. The lowest BCUT2D eigenvalue weighted by molar-refractivity contribution is -0.115. The van der Waals surface area contributed by atoms with Crippen molar-refractivity contribution >= 4 is 46.2 Å². The summed E-state index contributed by atoms with van der Waals surface area (Å²) in [4.78, 5) is 17.4. The first-order valence-electron chi connectivity index (χ1n) is 9.92. The molecule has 0 aromatic heterocycles. The third-order valence-electron chi connectivity index (χ3n) is 4.69. The molecule has 7 heteroatoms. The van der Waals surface area contributed by atoms with E-state index >= 15 is 0 Å². The summed E-state index contributed by atoms with van der Waals surface area (Å²) in [7, 11) is 1.56. The molecule has 0 radical (unpaired) electrons. The smallest absolute Gasteiger partial charge is 0.264 e. The minimum Gasteiger partial charge on any atom is -0.493 e. The van der Waals surface area contributed by atoms with Crippen molar-refractivity contribution in [3.05, 3.63) is 93.3 Å². The second-order valence-corrected chi connectivity index (χ2v) is 8.56. The van der Waals surface area contributed by atoms with Gasteiger partial charge in [0.15, 0.2) is 16.7 Å². The SMILES string of the molecule is COc1cc(/C=C2\SC(=Nc3ccc(C)cc3)NC2=O)cc(Cl)c1OCc1ccccc1. The average molecular weight is 465 g/mol. The monoisotopic (exact) mass is 464 g/mol. The number of benzene rings is 3. The van der Waals surface area contributed by atoms with E-state index in [0.29, 0.717) is 33.2 Å². The zero-order valence-corrected chi connectivity index (χ0v) is 19.2. The lowest BCUT2D eigenvalue weighted by Gasteiger charge is -2.13. The number of rotatable bonds is 6. The van der Waals surface area contributed by atoms with Gasteiger partial charge in [0, 0.05) is 0 Å². The van der Waals surface area contributed by atoms with Crippen LogP contribution >= 0.6 is 23.4 Å². The number of hydrogen-bond acceptors (Lipinski definition) is 5. The number of aliphatic imine (C=N–C) groups is 1. The molecule has 3 aromatic rings. The summed E-state index contributed by atoms with van der Waals surface area (Å²) in [6.45, 7) is 2.38. The molecule has 0 atom stereocenters. The van der Waals surface area contributed by atoms with E-state index < -0.39 is 0 Å². The Morgan fingerprint density at radius 1 is 1.09 bits per heavy atom. The van der Waals surface area contributed by atoms with E-state index in [1.54, 1.807) is 25.3 Å². The van der Waals surface area contributed by atoms with E-state index in [9.17, 15) is 4.79 Å². The van der Waals surface area contributed by atoms with Gasteiger partial charge in [-0.3, -0.25) is 4.79 Å². The number of carbonyl (C=O) groups excluding carboxylic acids is 1. The third-order valence-corrected chi connectivity index (χ3v) is 5.88. The highest BCUT2D eigenvalue weighted by Crippen LogP contribution is 2.38. The van der Waals surface area contributed by atoms with Crippen LogP contribution in [0.3, 0.4) is 0 Å². The minimum atomic E-state index is -0.208. The molecule has 0 spiro atoms. The first-order valence-corrected chi connectivity index (χ1v) is 11.1. The van der Waals surface area contributed by atoms with Crippen LogP contribution in [0.25, 0.3) is 6.08 Å². The number of hydrogen-bond donors (Lipinski definition) is 1. The lowest BCUT2D eigenvalue weighted by atomic mass is 10.1. The fourth-order valence-corrected chi connectivity index (χ4v) is 4.18. The number of nitrogens with one attached hydrogen (secondary N) is 1. The van der Waals surface area contributed by atoms with Gasteiger partial charge in [0.1, 0.15) is 6.61 Å². The minimum absolute atomic E-state index is 0.208. The highest BCUT2D eigenvalue weighted by molar-refractivity contribution is 8.18. The van der Waals surface area contributed by atoms with Crippen LogP contribution in [0.5, 0.6) is 11.5 Å². The number of carbonyl (C=O) groups is 1. The number of nitrogens with zero attached hydrogens (tertiary/aromatic N) is 1. The molecule has 162 valence electrons. The maximum Gasteiger partial charge on any atom is 0.264 e. The van der Waals surface area contributed by atoms with Crippen molar-refractivity contribution in [2.24, 2.45) is 4.99 Å². The standard InChI is InChI=1S/C25H21ClN2O3S/c1-16-8-10-19(11-9-16)27-25-28-24(29)22(32-25)14-18-12-20(26)23(21(13-18)30-2)31-15-17-6-4-3-5-7-17/h3-14H,15H2,1-2H3,(H,27,28,29)/b22-14-. The molecule has 3 aromatic carbocycles. The summed E-state index contributed by atoms with van der Waals surface area (Å²) >= 11 is 7.76. The van der Waals surface area contributed by atoms with Crippen molar-refractivity contribution in [2.75, 3.05) is 7.11 Å². The predicted molar refractivity (Wildman–Crippen MR) is 131 cm³/mol. The molecule has 0 bridgehead atoms. The van der Waals surface area contributed by atoms with E-state index in [2.05, 4.69) is 10.3 Å². The van der Waals surface area contributed by atoms with Crippen LogP contribution in [0.1, 0.15) is 16.7 Å². The van der Waals surface area contributed by atoms with Crippen molar-refractivity contribution in [2.45, 2.75) is 13.5 Å². The van der Waals surface area contributed by atoms with Gasteiger partial charge < -0.3 is 14.8 Å². The Hall–Kier alpha value is -3.22. The Labute approximate surface area is 196 Å². The molecule has 1 N–H and O–H groups in total. The normalized spacial score (nSPS) is 15.8. The number of thioether (sulfide) groups is 1. The van der Waals surface area contributed by atoms with Gasteiger partial charge in [-0.25, -0.2) is 4.99 Å². The van der Waals surface area contributed by atoms with Crippen LogP contribution in [0, 0.1) is 6.92 Å². The molecule has 1 fully saturated rings. The van der Waals surface area contributed by atoms with Gasteiger partial charge in [-0.1, -0.05) is 59.6 Å². The van der Waals surface area contributed by atoms with E-state index in [1.807, 2.05) is 61.5 Å². The molecular formula is C25H21ClN2O3S. The van der Waals surface area contributed by atoms with Crippen LogP contribution in [-0.4, -0.2) is 18.2 Å². The van der Waals surface area contributed by atoms with Crippen LogP contribution in [0.4, 0.5) is 5.69 Å². The summed E-state index contributed by atoms with van der Waals surface area (Å²) < 4.78 is 11.4. The number of ether oxygens (including phenoxy) is 2. The molecule has 0 saturated carbocycles. The largest absolute Gasteiger partial charge is 0.493 e. The molecular weight excluding hydrogens is 444 g/mol. The highest BCUT2D eigenvalue weighted by Gasteiger charge is 2.24. The third kappa shape index (κ3) is 5.33. The number of aryl methyl sites for hydroxylation is 1. The maximum absolute atomic E-state index is 12.4. The number of amides is 1. The van der Waals surface area contributed by atoms with Crippen LogP contribution in [0.2, 0.25) is 5.02 Å². The summed E-state index contributed by atoms with van der Waals surface area (Å²) in [5, 5.41) is 3.74. The lowest BCUT2D eigenvalue weighted by Crippen LogP contribution is -2.19. The highest BCUT2D eigenvalue weighted by atomic mass is 35.5. The van der Waals surface area contributed by atoms with Crippen molar-refractivity contribution in [3.63, 3.8) is 0 Å². The molecule has 1 aliphatic heterocycles. The molecule has 4 rings (SSSR count). The first-order chi connectivity index (χ1) is 15.5. The fourth-order valence-electron chi connectivity index (χ4n) is 3.06. The van der Waals surface area contributed by atoms with Crippen molar-refractivity contribution < 1.29 is 14.3 Å². The van der Waals surface area contributed by atoms with Crippen LogP contribution in [-0.2, 0) is 11.4 Å². The van der Waals surface area contributed by atoms with Crippen LogP contribution < -0.4 is 14.8 Å². The Morgan fingerprint density at radius 3 is 2.56 bits per heavy atom. The molecule has 5 nitrogen and oxygen atoms in total. The van der Waals surface area contributed by atoms with Gasteiger partial charge in [0.2, 0.25) is 0 Å². The Bertz CT molecular complexity index is 1190.